The van der Waals surface area contributed by atoms with Crippen LogP contribution in [0.15, 0.2) is 10.6 Å². The van der Waals surface area contributed by atoms with E-state index in [2.05, 4.69) is 10.1 Å². The maximum atomic E-state index is 11.1. The van der Waals surface area contributed by atoms with Gasteiger partial charge in [-0.15, -0.1) is 11.3 Å². The van der Waals surface area contributed by atoms with Crippen molar-refractivity contribution in [2.24, 2.45) is 0 Å². The van der Waals surface area contributed by atoms with Crippen molar-refractivity contribution in [2.45, 2.75) is 39.7 Å². The number of aryl methyl sites for hydroxylation is 1. The lowest BCUT2D eigenvalue weighted by Gasteiger charge is -2.10. The molecule has 2 aromatic rings. The van der Waals surface area contributed by atoms with E-state index in [1.165, 1.54) is 11.3 Å². The molecule has 0 aliphatic heterocycles. The molecule has 0 fully saturated rings. The van der Waals surface area contributed by atoms with Gasteiger partial charge in [-0.05, 0) is 13.0 Å². The summed E-state index contributed by atoms with van der Waals surface area (Å²) < 4.78 is 10.6. The van der Waals surface area contributed by atoms with Crippen molar-refractivity contribution in [3.05, 3.63) is 27.5 Å². The SMILES string of the molecule is Cc1cc(OCc2nc(C(C)(C)C)no2)c(C(=O)O)s1. The number of nitrogens with zero attached hydrogens (tertiary/aromatic N) is 2. The summed E-state index contributed by atoms with van der Waals surface area (Å²) in [5.74, 6) is 0.251. The van der Waals surface area contributed by atoms with Crippen LogP contribution in [0.25, 0.3) is 0 Å². The monoisotopic (exact) mass is 296 g/mol. The van der Waals surface area contributed by atoms with Gasteiger partial charge in [0.2, 0.25) is 0 Å². The van der Waals surface area contributed by atoms with E-state index in [4.69, 9.17) is 14.4 Å². The van der Waals surface area contributed by atoms with E-state index in [9.17, 15) is 4.79 Å². The van der Waals surface area contributed by atoms with Gasteiger partial charge in [0.05, 0.1) is 0 Å². The smallest absolute Gasteiger partial charge is 0.349 e. The van der Waals surface area contributed by atoms with Gasteiger partial charge in [-0.25, -0.2) is 4.79 Å². The average molecular weight is 296 g/mol. The Kier molecular flexibility index (Phi) is 3.80. The second-order valence-corrected chi connectivity index (χ2v) is 6.66. The summed E-state index contributed by atoms with van der Waals surface area (Å²) in [5.41, 5.74) is -0.201. The largest absolute Gasteiger partial charge is 0.482 e. The van der Waals surface area contributed by atoms with Gasteiger partial charge in [-0.1, -0.05) is 25.9 Å². The van der Waals surface area contributed by atoms with Crippen molar-refractivity contribution in [1.82, 2.24) is 10.1 Å². The predicted octanol–water partition coefficient (Wildman–Crippen LogP) is 3.01. The first kappa shape index (κ1) is 14.5. The Morgan fingerprint density at radius 1 is 1.50 bits per heavy atom. The Morgan fingerprint density at radius 2 is 2.20 bits per heavy atom. The van der Waals surface area contributed by atoms with Crippen molar-refractivity contribution in [1.29, 1.82) is 0 Å². The molecule has 2 rings (SSSR count). The number of aromatic nitrogens is 2. The average Bonchev–Trinajstić information content (AvgIpc) is 2.91. The first-order valence-corrected chi connectivity index (χ1v) is 6.88. The van der Waals surface area contributed by atoms with Crippen LogP contribution in [0.2, 0.25) is 0 Å². The van der Waals surface area contributed by atoms with Crippen LogP contribution in [-0.4, -0.2) is 21.2 Å². The van der Waals surface area contributed by atoms with Gasteiger partial charge in [-0.3, -0.25) is 0 Å². The van der Waals surface area contributed by atoms with E-state index >= 15 is 0 Å². The van der Waals surface area contributed by atoms with Crippen LogP contribution in [0.5, 0.6) is 5.75 Å². The van der Waals surface area contributed by atoms with E-state index in [-0.39, 0.29) is 16.9 Å². The highest BCUT2D eigenvalue weighted by Crippen LogP contribution is 2.29. The van der Waals surface area contributed by atoms with Gasteiger partial charge in [0, 0.05) is 10.3 Å². The fraction of sp³-hybridized carbons (Fsp3) is 0.462. The Labute approximate surface area is 120 Å². The Bertz CT molecular complexity index is 625. The molecule has 0 aliphatic rings. The van der Waals surface area contributed by atoms with Crippen LogP contribution in [-0.2, 0) is 12.0 Å². The number of carboxylic acid groups (broad SMARTS) is 1. The minimum atomic E-state index is -1.00. The number of aromatic carboxylic acids is 1. The molecule has 0 amide bonds. The molecule has 6 nitrogen and oxygen atoms in total. The van der Waals surface area contributed by atoms with E-state index < -0.39 is 5.97 Å². The van der Waals surface area contributed by atoms with Crippen molar-refractivity contribution >= 4 is 17.3 Å². The molecule has 7 heteroatoms. The van der Waals surface area contributed by atoms with Gasteiger partial charge >= 0.3 is 5.97 Å². The lowest BCUT2D eigenvalue weighted by Crippen LogP contribution is -2.13. The number of carbonyl (C=O) groups is 1. The van der Waals surface area contributed by atoms with Gasteiger partial charge in [0.25, 0.3) is 5.89 Å². The highest BCUT2D eigenvalue weighted by atomic mass is 32.1. The fourth-order valence-electron chi connectivity index (χ4n) is 1.50. The molecule has 0 bridgehead atoms. The van der Waals surface area contributed by atoms with Gasteiger partial charge in [0.1, 0.15) is 5.75 Å². The third-order valence-electron chi connectivity index (χ3n) is 2.51. The summed E-state index contributed by atoms with van der Waals surface area (Å²) in [6.07, 6.45) is 0. The summed E-state index contributed by atoms with van der Waals surface area (Å²) in [4.78, 5) is 16.3. The first-order chi connectivity index (χ1) is 9.27. The molecule has 0 saturated carbocycles. The van der Waals surface area contributed by atoms with E-state index in [1.54, 1.807) is 6.07 Å². The second-order valence-electron chi connectivity index (χ2n) is 5.41. The Hall–Kier alpha value is -1.89. The number of hydrogen-bond donors (Lipinski definition) is 1. The van der Waals surface area contributed by atoms with Gasteiger partial charge in [-0.2, -0.15) is 4.98 Å². The lowest BCUT2D eigenvalue weighted by molar-refractivity contribution is 0.0697. The maximum absolute atomic E-state index is 11.1. The number of hydrogen-bond acceptors (Lipinski definition) is 6. The number of rotatable bonds is 4. The van der Waals surface area contributed by atoms with Crippen molar-refractivity contribution < 1.29 is 19.2 Å². The highest BCUT2D eigenvalue weighted by molar-refractivity contribution is 7.14. The number of thiophene rings is 1. The van der Waals surface area contributed by atoms with E-state index in [1.807, 2.05) is 27.7 Å². The molecular weight excluding hydrogens is 280 g/mol. The number of carboxylic acids is 1. The summed E-state index contributed by atoms with van der Waals surface area (Å²) in [5, 5.41) is 12.9. The van der Waals surface area contributed by atoms with Crippen molar-refractivity contribution in [3.8, 4) is 5.75 Å². The maximum Gasteiger partial charge on any atom is 0.349 e. The molecule has 0 atom stereocenters. The zero-order chi connectivity index (χ0) is 14.9. The molecule has 0 radical (unpaired) electrons. The Morgan fingerprint density at radius 3 is 2.75 bits per heavy atom. The topological polar surface area (TPSA) is 85.5 Å². The molecular formula is C13H16N2O4S. The molecule has 0 unspecified atom stereocenters. The third kappa shape index (κ3) is 3.16. The molecule has 1 N–H and O–H groups in total. The van der Waals surface area contributed by atoms with Crippen LogP contribution in [0.1, 0.15) is 47.0 Å². The molecule has 2 aromatic heterocycles. The van der Waals surface area contributed by atoms with Crippen LogP contribution < -0.4 is 4.74 Å². The highest BCUT2D eigenvalue weighted by Gasteiger charge is 2.22. The predicted molar refractivity (Wildman–Crippen MR) is 73.3 cm³/mol. The minimum Gasteiger partial charge on any atom is -0.482 e. The molecule has 2 heterocycles. The molecule has 0 spiro atoms. The zero-order valence-electron chi connectivity index (χ0n) is 11.8. The number of ether oxygens (including phenoxy) is 1. The van der Waals surface area contributed by atoms with Crippen LogP contribution in [0.3, 0.4) is 0 Å². The molecule has 20 heavy (non-hydrogen) atoms. The standard InChI is InChI=1S/C13H16N2O4S/c1-7-5-8(10(20-7)11(16)17)18-6-9-14-12(15-19-9)13(2,3)4/h5H,6H2,1-4H3,(H,16,17). The third-order valence-corrected chi connectivity index (χ3v) is 3.53. The second kappa shape index (κ2) is 5.24. The zero-order valence-corrected chi connectivity index (χ0v) is 12.6. The summed E-state index contributed by atoms with van der Waals surface area (Å²) >= 11 is 1.18. The Balaban J connectivity index is 2.09. The van der Waals surface area contributed by atoms with Crippen molar-refractivity contribution in [2.75, 3.05) is 0 Å². The fourth-order valence-corrected chi connectivity index (χ4v) is 2.30. The van der Waals surface area contributed by atoms with E-state index in [0.717, 1.165) is 4.88 Å². The first-order valence-electron chi connectivity index (χ1n) is 6.07. The summed E-state index contributed by atoms with van der Waals surface area (Å²) in [6, 6.07) is 1.69. The molecule has 108 valence electrons. The van der Waals surface area contributed by atoms with Crippen LogP contribution in [0, 0.1) is 6.92 Å². The quantitative estimate of drug-likeness (QED) is 0.933. The molecule has 0 aromatic carbocycles. The van der Waals surface area contributed by atoms with Crippen LogP contribution >= 0.6 is 11.3 Å². The van der Waals surface area contributed by atoms with Crippen LogP contribution in [0.4, 0.5) is 0 Å². The summed E-state index contributed by atoms with van der Waals surface area (Å²) in [7, 11) is 0. The summed E-state index contributed by atoms with van der Waals surface area (Å²) in [6.45, 7) is 7.82. The van der Waals surface area contributed by atoms with Gasteiger partial charge in [0.15, 0.2) is 17.3 Å². The molecule has 0 saturated heterocycles. The van der Waals surface area contributed by atoms with E-state index in [0.29, 0.717) is 17.5 Å². The normalized spacial score (nSPS) is 11.6. The van der Waals surface area contributed by atoms with Gasteiger partial charge < -0.3 is 14.4 Å². The lowest BCUT2D eigenvalue weighted by atomic mass is 9.96. The molecule has 0 aliphatic carbocycles. The van der Waals surface area contributed by atoms with Crippen molar-refractivity contribution in [3.63, 3.8) is 0 Å². The minimum absolute atomic E-state index is 0.0551.